The minimum atomic E-state index is -3.77. The monoisotopic (exact) mass is 465 g/mol. The molecule has 1 amide bonds. The summed E-state index contributed by atoms with van der Waals surface area (Å²) in [6.45, 7) is 6.61. The maximum absolute atomic E-state index is 13.0. The molecule has 0 aliphatic carbocycles. The lowest BCUT2D eigenvalue weighted by atomic mass is 10.2. The van der Waals surface area contributed by atoms with Crippen LogP contribution in [0.1, 0.15) is 13.8 Å². The van der Waals surface area contributed by atoms with Crippen LogP contribution in [0.2, 0.25) is 5.02 Å². The summed E-state index contributed by atoms with van der Waals surface area (Å²) in [5.41, 5.74) is 1.14. The van der Waals surface area contributed by atoms with E-state index >= 15 is 0 Å². The molecule has 1 fully saturated rings. The fourth-order valence-electron chi connectivity index (χ4n) is 3.59. The third kappa shape index (κ3) is 5.50. The van der Waals surface area contributed by atoms with Crippen LogP contribution in [0, 0.1) is 0 Å². The second kappa shape index (κ2) is 10.3. The number of ether oxygens (including phenoxy) is 1. The second-order valence-corrected chi connectivity index (χ2v) is 9.52. The molecule has 0 saturated carbocycles. The van der Waals surface area contributed by atoms with E-state index in [0.29, 0.717) is 31.2 Å². The summed E-state index contributed by atoms with van der Waals surface area (Å²) in [5, 5.41) is 0.293. The number of para-hydroxylation sites is 1. The molecule has 1 saturated heterocycles. The van der Waals surface area contributed by atoms with Crippen molar-refractivity contribution >= 4 is 33.2 Å². The summed E-state index contributed by atoms with van der Waals surface area (Å²) in [4.78, 5) is 16.6. The fourth-order valence-corrected chi connectivity index (χ4v) is 5.44. The number of piperazine rings is 1. The molecule has 2 aromatic rings. The zero-order valence-corrected chi connectivity index (χ0v) is 19.4. The van der Waals surface area contributed by atoms with Crippen molar-refractivity contribution in [2.75, 3.05) is 50.8 Å². The molecule has 0 radical (unpaired) electrons. The van der Waals surface area contributed by atoms with E-state index in [9.17, 15) is 13.2 Å². The van der Waals surface area contributed by atoms with Crippen molar-refractivity contribution < 1.29 is 17.9 Å². The van der Waals surface area contributed by atoms with Gasteiger partial charge in [0.25, 0.3) is 5.91 Å². The zero-order chi connectivity index (χ0) is 22.4. The highest BCUT2D eigenvalue weighted by Crippen LogP contribution is 2.30. The summed E-state index contributed by atoms with van der Waals surface area (Å²) in [6, 6.07) is 14.5. The largest absolute Gasteiger partial charge is 0.482 e. The lowest BCUT2D eigenvalue weighted by molar-refractivity contribution is -0.133. The average molecular weight is 466 g/mol. The van der Waals surface area contributed by atoms with E-state index in [1.54, 1.807) is 24.8 Å². The topological polar surface area (TPSA) is 70.2 Å². The van der Waals surface area contributed by atoms with Gasteiger partial charge in [-0.2, -0.15) is 4.31 Å². The number of benzene rings is 2. The molecule has 1 aliphatic heterocycles. The van der Waals surface area contributed by atoms with Crippen LogP contribution in [-0.4, -0.2) is 69.4 Å². The number of rotatable bonds is 8. The van der Waals surface area contributed by atoms with E-state index in [-0.39, 0.29) is 23.2 Å². The fraction of sp³-hybridized carbons (Fsp3) is 0.409. The first-order valence-corrected chi connectivity index (χ1v) is 12.2. The van der Waals surface area contributed by atoms with Crippen LogP contribution in [0.25, 0.3) is 0 Å². The van der Waals surface area contributed by atoms with E-state index in [1.165, 1.54) is 16.4 Å². The van der Waals surface area contributed by atoms with Gasteiger partial charge in [-0.15, -0.1) is 0 Å². The highest BCUT2D eigenvalue weighted by Gasteiger charge is 2.27. The second-order valence-electron chi connectivity index (χ2n) is 7.17. The van der Waals surface area contributed by atoms with Crippen LogP contribution in [0.3, 0.4) is 0 Å². The Kier molecular flexibility index (Phi) is 7.80. The lowest BCUT2D eigenvalue weighted by Crippen LogP contribution is -2.50. The normalized spacial score (nSPS) is 14.7. The lowest BCUT2D eigenvalue weighted by Gasteiger charge is -2.36. The predicted molar refractivity (Wildman–Crippen MR) is 122 cm³/mol. The van der Waals surface area contributed by atoms with Crippen molar-refractivity contribution in [3.8, 4) is 5.75 Å². The number of hydrogen-bond donors (Lipinski definition) is 0. The quantitative estimate of drug-likeness (QED) is 0.599. The van der Waals surface area contributed by atoms with Gasteiger partial charge >= 0.3 is 0 Å². The van der Waals surface area contributed by atoms with Crippen molar-refractivity contribution in [2.45, 2.75) is 18.7 Å². The molecule has 1 aliphatic rings. The van der Waals surface area contributed by atoms with Gasteiger partial charge in [0.2, 0.25) is 10.0 Å². The van der Waals surface area contributed by atoms with Crippen LogP contribution >= 0.6 is 11.6 Å². The van der Waals surface area contributed by atoms with Crippen LogP contribution in [0.15, 0.2) is 53.4 Å². The maximum atomic E-state index is 13.0. The Morgan fingerprint density at radius 3 is 2.29 bits per heavy atom. The molecule has 0 aromatic heterocycles. The van der Waals surface area contributed by atoms with Crippen LogP contribution in [0.4, 0.5) is 5.69 Å². The Morgan fingerprint density at radius 2 is 1.68 bits per heavy atom. The molecule has 2 aromatic carbocycles. The highest BCUT2D eigenvalue weighted by atomic mass is 35.5. The molecule has 168 valence electrons. The third-order valence-corrected chi connectivity index (χ3v) is 7.64. The molecule has 0 unspecified atom stereocenters. The molecule has 7 nitrogen and oxygen atoms in total. The molecular weight excluding hydrogens is 438 g/mol. The highest BCUT2D eigenvalue weighted by molar-refractivity contribution is 7.89. The molecule has 0 spiro atoms. The minimum absolute atomic E-state index is 0.0228. The zero-order valence-electron chi connectivity index (χ0n) is 17.8. The van der Waals surface area contributed by atoms with E-state index in [1.807, 2.05) is 18.2 Å². The Morgan fingerprint density at radius 1 is 1.03 bits per heavy atom. The number of carbonyl (C=O) groups is 1. The summed E-state index contributed by atoms with van der Waals surface area (Å²) < 4.78 is 32.9. The minimum Gasteiger partial charge on any atom is -0.482 e. The van der Waals surface area contributed by atoms with Gasteiger partial charge in [-0.1, -0.05) is 43.6 Å². The van der Waals surface area contributed by atoms with Crippen LogP contribution in [0.5, 0.6) is 5.75 Å². The number of nitrogens with zero attached hydrogens (tertiary/aromatic N) is 3. The van der Waals surface area contributed by atoms with Gasteiger partial charge in [0, 0.05) is 50.0 Å². The number of hydrogen-bond acceptors (Lipinski definition) is 5. The maximum Gasteiger partial charge on any atom is 0.260 e. The number of amides is 1. The van der Waals surface area contributed by atoms with E-state index in [0.717, 1.165) is 18.8 Å². The van der Waals surface area contributed by atoms with Crippen LogP contribution < -0.4 is 9.64 Å². The SMILES string of the molecule is CCN(CC)S(=O)(=O)c1cc(Cl)ccc1OCC(=O)N1CCN(c2ccccc2)CC1. The van der Waals surface area contributed by atoms with Gasteiger partial charge in [0.05, 0.1) is 0 Å². The van der Waals surface area contributed by atoms with Gasteiger partial charge in [-0.25, -0.2) is 8.42 Å². The van der Waals surface area contributed by atoms with E-state index < -0.39 is 10.0 Å². The first-order chi connectivity index (χ1) is 14.9. The standard InChI is InChI=1S/C22H28ClN3O4S/c1-3-26(4-2)31(28,29)21-16-18(23)10-11-20(21)30-17-22(27)25-14-12-24(13-15-25)19-8-6-5-7-9-19/h5-11,16H,3-4,12-15,17H2,1-2H3. The molecule has 9 heteroatoms. The smallest absolute Gasteiger partial charge is 0.260 e. The summed E-state index contributed by atoms with van der Waals surface area (Å²) in [5.74, 6) is -0.0404. The molecule has 0 atom stereocenters. The Balaban J connectivity index is 1.65. The molecule has 1 heterocycles. The number of anilines is 1. The van der Waals surface area contributed by atoms with Gasteiger partial charge in [-0.05, 0) is 30.3 Å². The van der Waals surface area contributed by atoms with Crippen molar-refractivity contribution in [2.24, 2.45) is 0 Å². The predicted octanol–water partition coefficient (Wildman–Crippen LogP) is 3.10. The number of halogens is 1. The molecule has 31 heavy (non-hydrogen) atoms. The van der Waals surface area contributed by atoms with Gasteiger partial charge in [-0.3, -0.25) is 4.79 Å². The summed E-state index contributed by atoms with van der Waals surface area (Å²) >= 11 is 6.04. The Bertz CT molecular complexity index is 989. The number of carbonyl (C=O) groups excluding carboxylic acids is 1. The average Bonchev–Trinajstić information content (AvgIpc) is 2.79. The Labute approximate surface area is 189 Å². The molecular formula is C22H28ClN3O4S. The third-order valence-electron chi connectivity index (χ3n) is 5.33. The van der Waals surface area contributed by atoms with Crippen molar-refractivity contribution in [3.05, 3.63) is 53.6 Å². The van der Waals surface area contributed by atoms with Gasteiger partial charge in [0.1, 0.15) is 10.6 Å². The molecule has 3 rings (SSSR count). The molecule has 0 N–H and O–H groups in total. The Hall–Kier alpha value is -2.29. The van der Waals surface area contributed by atoms with Gasteiger partial charge in [0.15, 0.2) is 6.61 Å². The van der Waals surface area contributed by atoms with E-state index in [2.05, 4.69) is 17.0 Å². The van der Waals surface area contributed by atoms with E-state index in [4.69, 9.17) is 16.3 Å². The number of sulfonamides is 1. The first kappa shape index (κ1) is 23.4. The first-order valence-electron chi connectivity index (χ1n) is 10.4. The van der Waals surface area contributed by atoms with Crippen molar-refractivity contribution in [1.82, 2.24) is 9.21 Å². The van der Waals surface area contributed by atoms with Gasteiger partial charge < -0.3 is 14.5 Å². The van der Waals surface area contributed by atoms with Crippen molar-refractivity contribution in [1.29, 1.82) is 0 Å². The van der Waals surface area contributed by atoms with Crippen LogP contribution in [-0.2, 0) is 14.8 Å². The molecule has 0 bridgehead atoms. The summed E-state index contributed by atoms with van der Waals surface area (Å²) in [7, 11) is -3.77. The summed E-state index contributed by atoms with van der Waals surface area (Å²) in [6.07, 6.45) is 0. The van der Waals surface area contributed by atoms with Crippen molar-refractivity contribution in [3.63, 3.8) is 0 Å².